The van der Waals surface area contributed by atoms with Crippen LogP contribution in [0.3, 0.4) is 0 Å². The molecule has 0 aromatic heterocycles. The van der Waals surface area contributed by atoms with Gasteiger partial charge in [0.15, 0.2) is 0 Å². The molecule has 1 aliphatic carbocycles. The van der Waals surface area contributed by atoms with Crippen molar-refractivity contribution in [1.29, 1.82) is 0 Å². The second-order valence-corrected chi connectivity index (χ2v) is 9.09. The average Bonchev–Trinajstić information content (AvgIpc) is 2.09. The highest BCUT2D eigenvalue weighted by Crippen LogP contribution is 2.45. The van der Waals surface area contributed by atoms with Crippen molar-refractivity contribution in [3.63, 3.8) is 0 Å². The third-order valence-corrected chi connectivity index (χ3v) is 4.93. The maximum atomic E-state index is 2.60. The van der Waals surface area contributed by atoms with Crippen LogP contribution in [0, 0.1) is 22.7 Å². The van der Waals surface area contributed by atoms with Crippen molar-refractivity contribution in [1.82, 2.24) is 9.80 Å². The van der Waals surface area contributed by atoms with Crippen molar-refractivity contribution in [3.05, 3.63) is 0 Å². The summed E-state index contributed by atoms with van der Waals surface area (Å²) in [5.41, 5.74) is 1.12. The van der Waals surface area contributed by atoms with Crippen molar-refractivity contribution < 1.29 is 0 Å². The third kappa shape index (κ3) is 4.46. The molecular weight excluding hydrogens is 232 g/mol. The van der Waals surface area contributed by atoms with Crippen LogP contribution < -0.4 is 0 Å². The first-order valence-electron chi connectivity index (χ1n) is 8.02. The van der Waals surface area contributed by atoms with Crippen LogP contribution in [0.15, 0.2) is 0 Å². The third-order valence-electron chi connectivity index (χ3n) is 4.93. The molecule has 1 saturated carbocycles. The lowest BCUT2D eigenvalue weighted by atomic mass is 9.64. The van der Waals surface area contributed by atoms with Gasteiger partial charge < -0.3 is 9.80 Å². The van der Waals surface area contributed by atoms with Crippen LogP contribution >= 0.6 is 0 Å². The van der Waals surface area contributed by atoms with Gasteiger partial charge in [-0.2, -0.15) is 0 Å². The molecule has 1 aliphatic heterocycles. The van der Waals surface area contributed by atoms with E-state index < -0.39 is 0 Å². The lowest BCUT2D eigenvalue weighted by Gasteiger charge is -2.46. The van der Waals surface area contributed by atoms with Crippen LogP contribution in [-0.4, -0.2) is 50.1 Å². The topological polar surface area (TPSA) is 6.48 Å². The SMILES string of the molecule is CN(CC1CC(C)(C)C1)CC1CN(C)CC(C)(C)C1. The highest BCUT2D eigenvalue weighted by molar-refractivity contribution is 4.89. The summed E-state index contributed by atoms with van der Waals surface area (Å²) in [6.45, 7) is 14.8. The lowest BCUT2D eigenvalue weighted by Crippen LogP contribution is -2.47. The molecule has 0 aromatic rings. The standard InChI is InChI=1S/C17H34N2/c1-16(2)7-14(8-16)10-18(5)11-15-9-17(3,4)13-19(6)12-15/h14-15H,7-13H2,1-6H3. The molecular formula is C17H34N2. The fourth-order valence-electron chi connectivity index (χ4n) is 4.86. The molecule has 2 nitrogen and oxygen atoms in total. The minimum atomic E-state index is 0.497. The first-order valence-corrected chi connectivity index (χ1v) is 8.02. The van der Waals surface area contributed by atoms with Crippen LogP contribution in [0.4, 0.5) is 0 Å². The van der Waals surface area contributed by atoms with Crippen LogP contribution in [-0.2, 0) is 0 Å². The number of nitrogens with zero attached hydrogens (tertiary/aromatic N) is 2. The van der Waals surface area contributed by atoms with Gasteiger partial charge in [0.05, 0.1) is 0 Å². The van der Waals surface area contributed by atoms with Crippen molar-refractivity contribution in [3.8, 4) is 0 Å². The second-order valence-electron chi connectivity index (χ2n) is 9.09. The van der Waals surface area contributed by atoms with Crippen molar-refractivity contribution in [2.75, 3.05) is 40.3 Å². The van der Waals surface area contributed by atoms with E-state index in [1.165, 1.54) is 45.4 Å². The molecule has 0 N–H and O–H groups in total. The Morgan fingerprint density at radius 1 is 0.947 bits per heavy atom. The summed E-state index contributed by atoms with van der Waals surface area (Å²) in [5.74, 6) is 1.81. The summed E-state index contributed by atoms with van der Waals surface area (Å²) in [6.07, 6.45) is 4.23. The molecule has 0 spiro atoms. The summed E-state index contributed by atoms with van der Waals surface area (Å²) in [4.78, 5) is 5.12. The van der Waals surface area contributed by atoms with Gasteiger partial charge in [-0.05, 0) is 56.0 Å². The monoisotopic (exact) mass is 266 g/mol. The van der Waals surface area contributed by atoms with E-state index in [-0.39, 0.29) is 0 Å². The number of hydrogen-bond donors (Lipinski definition) is 0. The first-order chi connectivity index (χ1) is 8.65. The van der Waals surface area contributed by atoms with Gasteiger partial charge in [-0.1, -0.05) is 27.7 Å². The van der Waals surface area contributed by atoms with Crippen LogP contribution in [0.25, 0.3) is 0 Å². The van der Waals surface area contributed by atoms with E-state index in [9.17, 15) is 0 Å². The van der Waals surface area contributed by atoms with Gasteiger partial charge in [-0.25, -0.2) is 0 Å². The minimum Gasteiger partial charge on any atom is -0.306 e. The predicted octanol–water partition coefficient (Wildman–Crippen LogP) is 3.33. The molecule has 2 aliphatic rings. The number of piperidine rings is 1. The Kier molecular flexibility index (Phi) is 4.32. The van der Waals surface area contributed by atoms with E-state index in [2.05, 4.69) is 51.6 Å². The first kappa shape index (κ1) is 15.3. The Balaban J connectivity index is 1.74. The molecule has 0 bridgehead atoms. The van der Waals surface area contributed by atoms with Crippen molar-refractivity contribution in [2.24, 2.45) is 22.7 Å². The van der Waals surface area contributed by atoms with E-state index in [0.717, 1.165) is 11.8 Å². The highest BCUT2D eigenvalue weighted by atomic mass is 15.1. The van der Waals surface area contributed by atoms with Gasteiger partial charge in [0.25, 0.3) is 0 Å². The van der Waals surface area contributed by atoms with Gasteiger partial charge in [-0.15, -0.1) is 0 Å². The Bertz CT molecular complexity index is 300. The highest BCUT2D eigenvalue weighted by Gasteiger charge is 2.37. The fourth-order valence-corrected chi connectivity index (χ4v) is 4.86. The average molecular weight is 266 g/mol. The zero-order valence-electron chi connectivity index (χ0n) is 14.0. The summed E-state index contributed by atoms with van der Waals surface area (Å²) in [7, 11) is 4.61. The largest absolute Gasteiger partial charge is 0.306 e. The normalized spacial score (nSPS) is 31.4. The molecule has 0 aromatic carbocycles. The van der Waals surface area contributed by atoms with Crippen LogP contribution in [0.1, 0.15) is 47.0 Å². The smallest absolute Gasteiger partial charge is 0.00299 e. The number of hydrogen-bond acceptors (Lipinski definition) is 2. The van der Waals surface area contributed by atoms with Gasteiger partial charge in [0, 0.05) is 26.2 Å². The molecule has 1 unspecified atom stereocenters. The van der Waals surface area contributed by atoms with Crippen LogP contribution in [0.2, 0.25) is 0 Å². The van der Waals surface area contributed by atoms with E-state index in [4.69, 9.17) is 0 Å². The molecule has 1 atom stereocenters. The molecule has 0 amide bonds. The maximum Gasteiger partial charge on any atom is 0.00299 e. The molecule has 2 heteroatoms. The molecule has 2 rings (SSSR count). The van der Waals surface area contributed by atoms with E-state index in [0.29, 0.717) is 10.8 Å². The number of rotatable bonds is 4. The lowest BCUT2D eigenvalue weighted by molar-refractivity contribution is 0.0432. The van der Waals surface area contributed by atoms with Crippen LogP contribution in [0.5, 0.6) is 0 Å². The molecule has 1 saturated heterocycles. The summed E-state index contributed by atoms with van der Waals surface area (Å²) < 4.78 is 0. The van der Waals surface area contributed by atoms with Gasteiger partial charge in [0.1, 0.15) is 0 Å². The Morgan fingerprint density at radius 2 is 1.47 bits per heavy atom. The van der Waals surface area contributed by atoms with Crippen molar-refractivity contribution in [2.45, 2.75) is 47.0 Å². The Morgan fingerprint density at radius 3 is 2.00 bits per heavy atom. The van der Waals surface area contributed by atoms with Gasteiger partial charge in [0.2, 0.25) is 0 Å². The van der Waals surface area contributed by atoms with E-state index in [1.807, 2.05) is 0 Å². The summed E-state index contributed by atoms with van der Waals surface area (Å²) in [5, 5.41) is 0. The quantitative estimate of drug-likeness (QED) is 0.770. The maximum absolute atomic E-state index is 2.60. The summed E-state index contributed by atoms with van der Waals surface area (Å²) >= 11 is 0. The summed E-state index contributed by atoms with van der Waals surface area (Å²) in [6, 6.07) is 0. The van der Waals surface area contributed by atoms with Gasteiger partial charge >= 0.3 is 0 Å². The molecule has 0 radical (unpaired) electrons. The molecule has 19 heavy (non-hydrogen) atoms. The predicted molar refractivity (Wildman–Crippen MR) is 83.4 cm³/mol. The second kappa shape index (κ2) is 5.37. The minimum absolute atomic E-state index is 0.497. The van der Waals surface area contributed by atoms with E-state index >= 15 is 0 Å². The zero-order chi connectivity index (χ0) is 14.3. The molecule has 2 fully saturated rings. The Labute approximate surface area is 120 Å². The van der Waals surface area contributed by atoms with Gasteiger partial charge in [-0.3, -0.25) is 0 Å². The molecule has 112 valence electrons. The zero-order valence-corrected chi connectivity index (χ0v) is 14.0. The molecule has 1 heterocycles. The van der Waals surface area contributed by atoms with E-state index in [1.54, 1.807) is 0 Å². The van der Waals surface area contributed by atoms with Crippen molar-refractivity contribution >= 4 is 0 Å². The Hall–Kier alpha value is -0.0800. The number of likely N-dealkylation sites (tertiary alicyclic amines) is 1. The fraction of sp³-hybridized carbons (Fsp3) is 1.00.